The van der Waals surface area contributed by atoms with Crippen LogP contribution in [0.2, 0.25) is 0 Å². The number of hydrogen-bond donors (Lipinski definition) is 1. The summed E-state index contributed by atoms with van der Waals surface area (Å²) >= 11 is 0. The van der Waals surface area contributed by atoms with Crippen molar-refractivity contribution in [2.75, 3.05) is 37.8 Å². The normalized spacial score (nSPS) is 10.1. The standard InChI is InChI=1S/C12H20N4O/c1-5-16(8-11(17)15(3)4)12-9(2)6-10(13)7-14-12/h6-7H,5,8,13H2,1-4H3. The Balaban J connectivity index is 2.90. The van der Waals surface area contributed by atoms with Crippen LogP contribution in [0.4, 0.5) is 11.5 Å². The van der Waals surface area contributed by atoms with Gasteiger partial charge in [-0.2, -0.15) is 0 Å². The van der Waals surface area contributed by atoms with Gasteiger partial charge < -0.3 is 15.5 Å². The highest BCUT2D eigenvalue weighted by atomic mass is 16.2. The van der Waals surface area contributed by atoms with E-state index in [9.17, 15) is 4.79 Å². The molecular formula is C12H20N4O. The summed E-state index contributed by atoms with van der Waals surface area (Å²) < 4.78 is 0. The Morgan fingerprint density at radius 3 is 2.59 bits per heavy atom. The molecule has 0 radical (unpaired) electrons. The first-order valence-corrected chi connectivity index (χ1v) is 5.63. The maximum absolute atomic E-state index is 11.7. The van der Waals surface area contributed by atoms with Gasteiger partial charge in [0.05, 0.1) is 18.4 Å². The molecule has 0 aliphatic heterocycles. The second kappa shape index (κ2) is 5.52. The van der Waals surface area contributed by atoms with Gasteiger partial charge in [0, 0.05) is 20.6 Å². The third-order valence-electron chi connectivity index (χ3n) is 2.58. The molecule has 5 nitrogen and oxygen atoms in total. The number of pyridine rings is 1. The molecule has 0 spiro atoms. The van der Waals surface area contributed by atoms with Gasteiger partial charge >= 0.3 is 0 Å². The minimum absolute atomic E-state index is 0.0601. The zero-order chi connectivity index (χ0) is 13.0. The lowest BCUT2D eigenvalue weighted by molar-refractivity contribution is -0.127. The van der Waals surface area contributed by atoms with Crippen molar-refractivity contribution in [1.82, 2.24) is 9.88 Å². The fraction of sp³-hybridized carbons (Fsp3) is 0.500. The van der Waals surface area contributed by atoms with Crippen LogP contribution in [0.1, 0.15) is 12.5 Å². The molecule has 1 aromatic heterocycles. The van der Waals surface area contributed by atoms with Crippen molar-refractivity contribution in [1.29, 1.82) is 0 Å². The Morgan fingerprint density at radius 1 is 1.47 bits per heavy atom. The lowest BCUT2D eigenvalue weighted by Gasteiger charge is -2.24. The van der Waals surface area contributed by atoms with Gasteiger partial charge in [-0.25, -0.2) is 4.98 Å². The predicted molar refractivity (Wildman–Crippen MR) is 70.0 cm³/mol. The van der Waals surface area contributed by atoms with E-state index in [1.807, 2.05) is 24.8 Å². The van der Waals surface area contributed by atoms with Gasteiger partial charge in [0.1, 0.15) is 5.82 Å². The van der Waals surface area contributed by atoms with Crippen molar-refractivity contribution in [3.63, 3.8) is 0 Å². The van der Waals surface area contributed by atoms with Crippen LogP contribution in [0.3, 0.4) is 0 Å². The van der Waals surface area contributed by atoms with Crippen LogP contribution in [-0.2, 0) is 4.79 Å². The van der Waals surface area contributed by atoms with Crippen molar-refractivity contribution < 1.29 is 4.79 Å². The van der Waals surface area contributed by atoms with Crippen LogP contribution in [0.5, 0.6) is 0 Å². The lowest BCUT2D eigenvalue weighted by Crippen LogP contribution is -2.37. The summed E-state index contributed by atoms with van der Waals surface area (Å²) in [6, 6.07) is 1.87. The average Bonchev–Trinajstić information content (AvgIpc) is 2.26. The molecule has 1 amide bonds. The largest absolute Gasteiger partial charge is 0.397 e. The maximum Gasteiger partial charge on any atom is 0.241 e. The van der Waals surface area contributed by atoms with E-state index in [0.717, 1.165) is 17.9 Å². The summed E-state index contributed by atoms with van der Waals surface area (Å²) in [7, 11) is 3.50. The molecule has 0 bridgehead atoms. The van der Waals surface area contributed by atoms with E-state index in [2.05, 4.69) is 4.98 Å². The molecule has 0 aliphatic carbocycles. The smallest absolute Gasteiger partial charge is 0.241 e. The molecule has 1 aromatic rings. The van der Waals surface area contributed by atoms with E-state index in [0.29, 0.717) is 12.2 Å². The van der Waals surface area contributed by atoms with Crippen molar-refractivity contribution in [3.8, 4) is 0 Å². The zero-order valence-corrected chi connectivity index (χ0v) is 10.9. The molecule has 0 aromatic carbocycles. The average molecular weight is 236 g/mol. The maximum atomic E-state index is 11.7. The summed E-state index contributed by atoms with van der Waals surface area (Å²) in [5.41, 5.74) is 7.29. The number of carbonyl (C=O) groups is 1. The molecule has 1 heterocycles. The number of aryl methyl sites for hydroxylation is 1. The van der Waals surface area contributed by atoms with Crippen LogP contribution < -0.4 is 10.6 Å². The van der Waals surface area contributed by atoms with Crippen molar-refractivity contribution in [2.24, 2.45) is 0 Å². The first kappa shape index (κ1) is 13.3. The number of anilines is 2. The number of hydrogen-bond acceptors (Lipinski definition) is 4. The molecule has 2 N–H and O–H groups in total. The number of nitrogens with zero attached hydrogens (tertiary/aromatic N) is 3. The minimum Gasteiger partial charge on any atom is -0.397 e. The van der Waals surface area contributed by atoms with Crippen molar-refractivity contribution in [2.45, 2.75) is 13.8 Å². The van der Waals surface area contributed by atoms with E-state index < -0.39 is 0 Å². The van der Waals surface area contributed by atoms with E-state index >= 15 is 0 Å². The van der Waals surface area contributed by atoms with E-state index in [1.54, 1.807) is 25.2 Å². The SMILES string of the molecule is CCN(CC(=O)N(C)C)c1ncc(N)cc1C. The number of amides is 1. The summed E-state index contributed by atoms with van der Waals surface area (Å²) in [5.74, 6) is 0.877. The molecular weight excluding hydrogens is 216 g/mol. The molecule has 0 aliphatic rings. The van der Waals surface area contributed by atoms with Crippen molar-refractivity contribution in [3.05, 3.63) is 17.8 Å². The van der Waals surface area contributed by atoms with E-state index in [4.69, 9.17) is 5.73 Å². The summed E-state index contributed by atoms with van der Waals surface area (Å²) in [6.07, 6.45) is 1.62. The topological polar surface area (TPSA) is 62.5 Å². The lowest BCUT2D eigenvalue weighted by atomic mass is 10.2. The Hall–Kier alpha value is -1.78. The number of rotatable bonds is 4. The van der Waals surface area contributed by atoms with Gasteiger partial charge in [-0.15, -0.1) is 0 Å². The fourth-order valence-electron chi connectivity index (χ4n) is 1.56. The molecule has 1 rings (SSSR count). The Kier molecular flexibility index (Phi) is 4.31. The third-order valence-corrected chi connectivity index (χ3v) is 2.58. The number of aromatic nitrogens is 1. The second-order valence-corrected chi connectivity index (χ2v) is 4.21. The predicted octanol–water partition coefficient (Wildman–Crippen LogP) is 0.887. The summed E-state index contributed by atoms with van der Waals surface area (Å²) in [5, 5.41) is 0. The van der Waals surface area contributed by atoms with Gasteiger partial charge in [-0.3, -0.25) is 4.79 Å². The first-order valence-electron chi connectivity index (χ1n) is 5.63. The molecule has 5 heteroatoms. The number of nitrogen functional groups attached to an aromatic ring is 1. The van der Waals surface area contributed by atoms with Crippen molar-refractivity contribution >= 4 is 17.4 Å². The number of likely N-dealkylation sites (N-methyl/N-ethyl adjacent to an activating group) is 2. The monoisotopic (exact) mass is 236 g/mol. The van der Waals surface area contributed by atoms with E-state index in [1.165, 1.54) is 0 Å². The minimum atomic E-state index is 0.0601. The molecule has 0 saturated heterocycles. The highest BCUT2D eigenvalue weighted by Crippen LogP contribution is 2.18. The molecule has 94 valence electrons. The Morgan fingerprint density at radius 2 is 2.12 bits per heavy atom. The molecule has 0 saturated carbocycles. The van der Waals surface area contributed by atoms with Gasteiger partial charge in [-0.05, 0) is 25.5 Å². The van der Waals surface area contributed by atoms with Gasteiger partial charge in [-0.1, -0.05) is 0 Å². The number of nitrogens with two attached hydrogens (primary N) is 1. The van der Waals surface area contributed by atoms with E-state index in [-0.39, 0.29) is 5.91 Å². The Bertz CT molecular complexity index is 403. The summed E-state index contributed by atoms with van der Waals surface area (Å²) in [4.78, 5) is 19.5. The molecule has 0 unspecified atom stereocenters. The number of carbonyl (C=O) groups excluding carboxylic acids is 1. The third kappa shape index (κ3) is 3.34. The second-order valence-electron chi connectivity index (χ2n) is 4.21. The molecule has 0 atom stereocenters. The van der Waals surface area contributed by atoms with Crippen LogP contribution in [-0.4, -0.2) is 43.0 Å². The van der Waals surface area contributed by atoms with Crippen LogP contribution in [0.25, 0.3) is 0 Å². The fourth-order valence-corrected chi connectivity index (χ4v) is 1.56. The van der Waals surface area contributed by atoms with Crippen LogP contribution in [0, 0.1) is 6.92 Å². The van der Waals surface area contributed by atoms with Gasteiger partial charge in [0.2, 0.25) is 5.91 Å². The van der Waals surface area contributed by atoms with Gasteiger partial charge in [0.25, 0.3) is 0 Å². The first-order chi connectivity index (χ1) is 7.95. The summed E-state index contributed by atoms with van der Waals surface area (Å²) in [6.45, 7) is 5.01. The molecule has 17 heavy (non-hydrogen) atoms. The quantitative estimate of drug-likeness (QED) is 0.843. The van der Waals surface area contributed by atoms with Crippen LogP contribution in [0.15, 0.2) is 12.3 Å². The zero-order valence-electron chi connectivity index (χ0n) is 10.9. The molecule has 0 fully saturated rings. The van der Waals surface area contributed by atoms with Gasteiger partial charge in [0.15, 0.2) is 0 Å². The Labute approximate surface area is 102 Å². The highest BCUT2D eigenvalue weighted by Gasteiger charge is 2.14. The highest BCUT2D eigenvalue weighted by molar-refractivity contribution is 5.81. The van der Waals surface area contributed by atoms with Crippen LogP contribution >= 0.6 is 0 Å².